The Balaban J connectivity index is 2.20. The molecule has 0 fully saturated rings. The predicted octanol–water partition coefficient (Wildman–Crippen LogP) is 0.495. The number of hydrogen-bond donors (Lipinski definition) is 2. The van der Waals surface area contributed by atoms with Gasteiger partial charge in [-0.05, 0) is 25.2 Å². The third kappa shape index (κ3) is 3.08. The average molecular weight is 266 g/mol. The molecule has 2 rings (SSSR count). The van der Waals surface area contributed by atoms with E-state index in [0.29, 0.717) is 18.8 Å². The lowest BCUT2D eigenvalue weighted by molar-refractivity contribution is -0.120. The zero-order chi connectivity index (χ0) is 13.8. The van der Waals surface area contributed by atoms with Crippen molar-refractivity contribution in [3.63, 3.8) is 0 Å². The van der Waals surface area contributed by atoms with Crippen molar-refractivity contribution < 1.29 is 18.7 Å². The van der Waals surface area contributed by atoms with E-state index in [-0.39, 0.29) is 23.8 Å². The van der Waals surface area contributed by atoms with Gasteiger partial charge in [-0.2, -0.15) is 0 Å². The van der Waals surface area contributed by atoms with E-state index in [4.69, 9.17) is 4.74 Å². The summed E-state index contributed by atoms with van der Waals surface area (Å²) in [6.45, 7) is 0.426. The van der Waals surface area contributed by atoms with Gasteiger partial charge in [0.1, 0.15) is 11.6 Å². The van der Waals surface area contributed by atoms with Crippen LogP contribution in [0.4, 0.5) is 4.39 Å². The molecule has 0 aliphatic carbocycles. The van der Waals surface area contributed by atoms with Crippen molar-refractivity contribution in [3.8, 4) is 5.75 Å². The SMILES string of the molecule is CNCC(=O)NC1CCOc2ccc(F)cc2C1=O. The summed E-state index contributed by atoms with van der Waals surface area (Å²) in [5.74, 6) is -0.744. The van der Waals surface area contributed by atoms with Crippen LogP contribution in [0.2, 0.25) is 0 Å². The van der Waals surface area contributed by atoms with Gasteiger partial charge in [0, 0.05) is 6.42 Å². The second-order valence-electron chi connectivity index (χ2n) is 4.29. The Morgan fingerprint density at radius 1 is 1.53 bits per heavy atom. The van der Waals surface area contributed by atoms with E-state index < -0.39 is 11.9 Å². The third-order valence-corrected chi connectivity index (χ3v) is 2.86. The van der Waals surface area contributed by atoms with Crippen molar-refractivity contribution in [1.29, 1.82) is 0 Å². The molecular weight excluding hydrogens is 251 g/mol. The number of Topliss-reactive ketones (excluding diaryl/α,β-unsaturated/α-hetero) is 1. The molecule has 1 aromatic rings. The van der Waals surface area contributed by atoms with Crippen molar-refractivity contribution >= 4 is 11.7 Å². The molecule has 1 amide bonds. The molecule has 2 N–H and O–H groups in total. The minimum absolute atomic E-state index is 0.126. The number of carbonyl (C=O) groups excluding carboxylic acids is 2. The van der Waals surface area contributed by atoms with Crippen LogP contribution in [0.1, 0.15) is 16.8 Å². The maximum atomic E-state index is 13.2. The molecule has 6 heteroatoms. The van der Waals surface area contributed by atoms with Gasteiger partial charge in [0.2, 0.25) is 5.91 Å². The number of nitrogens with one attached hydrogen (secondary N) is 2. The van der Waals surface area contributed by atoms with Gasteiger partial charge in [0.05, 0.1) is 24.8 Å². The fourth-order valence-electron chi connectivity index (χ4n) is 1.97. The molecule has 0 saturated heterocycles. The molecular formula is C13H15FN2O3. The standard InChI is InChI=1S/C13H15FN2O3/c1-15-7-12(17)16-10-4-5-19-11-3-2-8(14)6-9(11)13(10)18/h2-3,6,10,15H,4-5,7H2,1H3,(H,16,17). The van der Waals surface area contributed by atoms with Crippen LogP contribution in [0.5, 0.6) is 5.75 Å². The number of ether oxygens (including phenoxy) is 1. The summed E-state index contributed by atoms with van der Waals surface area (Å²) in [5, 5.41) is 5.32. The number of rotatable bonds is 3. The quantitative estimate of drug-likeness (QED) is 0.836. The molecule has 0 radical (unpaired) electrons. The third-order valence-electron chi connectivity index (χ3n) is 2.86. The summed E-state index contributed by atoms with van der Waals surface area (Å²) >= 11 is 0. The summed E-state index contributed by atoms with van der Waals surface area (Å²) in [7, 11) is 1.64. The van der Waals surface area contributed by atoms with Crippen molar-refractivity contribution in [2.24, 2.45) is 0 Å². The van der Waals surface area contributed by atoms with E-state index in [1.807, 2.05) is 0 Å². The molecule has 5 nitrogen and oxygen atoms in total. The Hall–Kier alpha value is -1.95. The number of amides is 1. The van der Waals surface area contributed by atoms with Gasteiger partial charge < -0.3 is 15.4 Å². The van der Waals surface area contributed by atoms with Crippen LogP contribution in [0, 0.1) is 5.82 Å². The molecule has 1 aliphatic heterocycles. The molecule has 1 heterocycles. The minimum atomic E-state index is -0.677. The number of carbonyl (C=O) groups is 2. The first-order chi connectivity index (χ1) is 9.11. The van der Waals surface area contributed by atoms with Gasteiger partial charge in [-0.3, -0.25) is 9.59 Å². The Bertz CT molecular complexity index is 505. The van der Waals surface area contributed by atoms with Crippen molar-refractivity contribution in [2.75, 3.05) is 20.2 Å². The second kappa shape index (κ2) is 5.79. The van der Waals surface area contributed by atoms with Gasteiger partial charge in [0.15, 0.2) is 5.78 Å². The van der Waals surface area contributed by atoms with Crippen LogP contribution in [-0.4, -0.2) is 37.9 Å². The van der Waals surface area contributed by atoms with E-state index in [9.17, 15) is 14.0 Å². The van der Waals surface area contributed by atoms with Gasteiger partial charge in [-0.1, -0.05) is 0 Å². The number of likely N-dealkylation sites (N-methyl/N-ethyl adjacent to an activating group) is 1. The fourth-order valence-corrected chi connectivity index (χ4v) is 1.97. The average Bonchev–Trinajstić information content (AvgIpc) is 2.51. The Labute approximate surface area is 110 Å². The molecule has 0 aromatic heterocycles. The summed E-state index contributed by atoms with van der Waals surface area (Å²) < 4.78 is 18.6. The zero-order valence-electron chi connectivity index (χ0n) is 10.5. The topological polar surface area (TPSA) is 67.4 Å². The second-order valence-corrected chi connectivity index (χ2v) is 4.29. The zero-order valence-corrected chi connectivity index (χ0v) is 10.5. The molecule has 0 bridgehead atoms. The number of halogens is 1. The molecule has 1 aromatic carbocycles. The Morgan fingerprint density at radius 2 is 2.32 bits per heavy atom. The Morgan fingerprint density at radius 3 is 3.05 bits per heavy atom. The molecule has 1 atom stereocenters. The molecule has 102 valence electrons. The number of benzene rings is 1. The predicted molar refractivity (Wildman–Crippen MR) is 66.7 cm³/mol. The van der Waals surface area contributed by atoms with Crippen molar-refractivity contribution in [3.05, 3.63) is 29.6 Å². The fraction of sp³-hybridized carbons (Fsp3) is 0.385. The number of fused-ring (bicyclic) bond motifs is 1. The number of hydrogen-bond acceptors (Lipinski definition) is 4. The highest BCUT2D eigenvalue weighted by molar-refractivity contribution is 6.04. The summed E-state index contributed by atoms with van der Waals surface area (Å²) in [4.78, 5) is 23.8. The van der Waals surface area contributed by atoms with Crippen LogP contribution in [0.3, 0.4) is 0 Å². The highest BCUT2D eigenvalue weighted by atomic mass is 19.1. The molecule has 19 heavy (non-hydrogen) atoms. The van der Waals surface area contributed by atoms with Crippen molar-refractivity contribution in [1.82, 2.24) is 10.6 Å². The minimum Gasteiger partial charge on any atom is -0.493 e. The highest BCUT2D eigenvalue weighted by Crippen LogP contribution is 2.25. The number of ketones is 1. The largest absolute Gasteiger partial charge is 0.493 e. The van der Waals surface area contributed by atoms with E-state index in [2.05, 4.69) is 10.6 Å². The molecule has 0 spiro atoms. The first-order valence-electron chi connectivity index (χ1n) is 6.02. The van der Waals surface area contributed by atoms with Crippen molar-refractivity contribution in [2.45, 2.75) is 12.5 Å². The first kappa shape index (κ1) is 13.5. The Kier molecular flexibility index (Phi) is 4.11. The maximum absolute atomic E-state index is 13.2. The smallest absolute Gasteiger partial charge is 0.234 e. The van der Waals surface area contributed by atoms with Gasteiger partial charge in [0.25, 0.3) is 0 Å². The molecule has 1 unspecified atom stereocenters. The molecule has 0 saturated carbocycles. The van der Waals surface area contributed by atoms with Crippen LogP contribution in [0.25, 0.3) is 0 Å². The maximum Gasteiger partial charge on any atom is 0.234 e. The van der Waals surface area contributed by atoms with Crippen LogP contribution >= 0.6 is 0 Å². The van der Waals surface area contributed by atoms with E-state index in [1.165, 1.54) is 12.1 Å². The van der Waals surface area contributed by atoms with Gasteiger partial charge in [-0.15, -0.1) is 0 Å². The molecule has 1 aliphatic rings. The first-order valence-corrected chi connectivity index (χ1v) is 6.02. The monoisotopic (exact) mass is 266 g/mol. The van der Waals surface area contributed by atoms with Crippen LogP contribution in [-0.2, 0) is 4.79 Å². The lowest BCUT2D eigenvalue weighted by Crippen LogP contribution is -2.44. The van der Waals surface area contributed by atoms with E-state index in [0.717, 1.165) is 6.07 Å². The van der Waals surface area contributed by atoms with Crippen LogP contribution in [0.15, 0.2) is 18.2 Å². The van der Waals surface area contributed by atoms with Crippen LogP contribution < -0.4 is 15.4 Å². The summed E-state index contributed by atoms with van der Waals surface area (Å²) in [6, 6.07) is 3.14. The lowest BCUT2D eigenvalue weighted by atomic mass is 10.0. The van der Waals surface area contributed by atoms with Gasteiger partial charge >= 0.3 is 0 Å². The lowest BCUT2D eigenvalue weighted by Gasteiger charge is -2.14. The van der Waals surface area contributed by atoms with E-state index >= 15 is 0 Å². The highest BCUT2D eigenvalue weighted by Gasteiger charge is 2.27. The summed E-state index contributed by atoms with van der Waals surface area (Å²) in [6.07, 6.45) is 0.366. The summed E-state index contributed by atoms with van der Waals surface area (Å²) in [5.41, 5.74) is 0.173. The normalized spacial score (nSPS) is 18.2. The van der Waals surface area contributed by atoms with Gasteiger partial charge in [-0.25, -0.2) is 4.39 Å². The van der Waals surface area contributed by atoms with E-state index in [1.54, 1.807) is 7.05 Å².